The molecule has 132 valence electrons. The number of rotatable bonds is 3. The zero-order chi connectivity index (χ0) is 19.1. The van der Waals surface area contributed by atoms with E-state index in [-0.39, 0.29) is 5.91 Å². The van der Waals surface area contributed by atoms with Crippen LogP contribution < -0.4 is 5.32 Å². The van der Waals surface area contributed by atoms with Crippen molar-refractivity contribution in [2.75, 3.05) is 5.32 Å². The second-order valence-corrected chi connectivity index (χ2v) is 6.03. The van der Waals surface area contributed by atoms with E-state index in [0.717, 1.165) is 33.8 Å². The van der Waals surface area contributed by atoms with Gasteiger partial charge in [-0.2, -0.15) is 0 Å². The third-order valence-corrected chi connectivity index (χ3v) is 3.79. The van der Waals surface area contributed by atoms with Crippen LogP contribution in [0.5, 0.6) is 0 Å². The summed E-state index contributed by atoms with van der Waals surface area (Å²) in [6.45, 7) is 3.50. The molecule has 2 aromatic carbocycles. The van der Waals surface area contributed by atoms with Crippen LogP contribution in [-0.2, 0) is 4.79 Å². The lowest BCUT2D eigenvalue weighted by Gasteiger charge is -2.03. The highest BCUT2D eigenvalue weighted by atomic mass is 16.1. The fraction of sp³-hybridized carbons (Fsp3) is 0.0870. The number of nitrogens with one attached hydrogen (secondary N) is 1. The van der Waals surface area contributed by atoms with Gasteiger partial charge in [0.15, 0.2) is 0 Å². The molecule has 1 amide bonds. The number of aromatic nitrogens is 1. The van der Waals surface area contributed by atoms with Gasteiger partial charge in [-0.15, -0.1) is 0 Å². The molecule has 0 saturated heterocycles. The van der Waals surface area contributed by atoms with Gasteiger partial charge in [0.1, 0.15) is 5.69 Å². The van der Waals surface area contributed by atoms with Crippen LogP contribution in [0, 0.1) is 18.8 Å². The van der Waals surface area contributed by atoms with E-state index in [0.29, 0.717) is 0 Å². The minimum atomic E-state index is -0.0873. The topological polar surface area (TPSA) is 54.4 Å². The maximum atomic E-state index is 11.1. The number of aryl methyl sites for hydroxylation is 1. The lowest BCUT2D eigenvalue weighted by Crippen LogP contribution is -2.05. The molecule has 0 aliphatic carbocycles. The summed E-state index contributed by atoms with van der Waals surface area (Å²) < 4.78 is 0. The van der Waals surface area contributed by atoms with Gasteiger partial charge >= 0.3 is 0 Å². The van der Waals surface area contributed by atoms with Crippen molar-refractivity contribution in [3.05, 3.63) is 89.2 Å². The van der Waals surface area contributed by atoms with Crippen LogP contribution in [0.25, 0.3) is 0 Å². The summed E-state index contributed by atoms with van der Waals surface area (Å²) in [5, 5.41) is 2.75. The van der Waals surface area contributed by atoms with Gasteiger partial charge in [0.2, 0.25) is 5.91 Å². The van der Waals surface area contributed by atoms with Crippen molar-refractivity contribution in [1.82, 2.24) is 4.98 Å². The Hall–Kier alpha value is -3.71. The summed E-state index contributed by atoms with van der Waals surface area (Å²) in [4.78, 5) is 19.9. The number of aliphatic imine (C=N–C) groups is 1. The molecular formula is C23H19N3O. The van der Waals surface area contributed by atoms with Crippen molar-refractivity contribution in [2.24, 2.45) is 4.99 Å². The van der Waals surface area contributed by atoms with Crippen molar-refractivity contribution >= 4 is 23.5 Å². The van der Waals surface area contributed by atoms with Gasteiger partial charge in [-0.3, -0.25) is 9.79 Å². The summed E-state index contributed by atoms with van der Waals surface area (Å²) in [5.74, 6) is 6.09. The average molecular weight is 353 g/mol. The molecule has 0 spiro atoms. The number of carbonyl (C=O) groups excluding carboxylic acids is 1. The summed E-state index contributed by atoms with van der Waals surface area (Å²) in [6.07, 6.45) is 3.53. The highest BCUT2D eigenvalue weighted by Gasteiger charge is 1.99. The maximum Gasteiger partial charge on any atom is 0.221 e. The summed E-state index contributed by atoms with van der Waals surface area (Å²) in [5.41, 5.74) is 5.29. The first-order chi connectivity index (χ1) is 13.1. The van der Waals surface area contributed by atoms with Gasteiger partial charge in [0, 0.05) is 30.6 Å². The molecule has 1 heterocycles. The Balaban J connectivity index is 1.77. The minimum absolute atomic E-state index is 0.0873. The maximum absolute atomic E-state index is 11.1. The van der Waals surface area contributed by atoms with Gasteiger partial charge in [0.05, 0.1) is 5.69 Å². The summed E-state index contributed by atoms with van der Waals surface area (Å²) in [7, 11) is 0. The van der Waals surface area contributed by atoms with Crippen LogP contribution in [0.15, 0.2) is 71.9 Å². The van der Waals surface area contributed by atoms with Crippen LogP contribution in [-0.4, -0.2) is 17.1 Å². The Morgan fingerprint density at radius 2 is 1.89 bits per heavy atom. The molecule has 0 aliphatic rings. The van der Waals surface area contributed by atoms with E-state index >= 15 is 0 Å². The molecule has 0 radical (unpaired) electrons. The van der Waals surface area contributed by atoms with Crippen molar-refractivity contribution in [1.29, 1.82) is 0 Å². The van der Waals surface area contributed by atoms with Crippen molar-refractivity contribution in [2.45, 2.75) is 13.8 Å². The van der Waals surface area contributed by atoms with E-state index in [1.807, 2.05) is 67.6 Å². The van der Waals surface area contributed by atoms with Gasteiger partial charge < -0.3 is 5.32 Å². The Morgan fingerprint density at radius 1 is 1.07 bits per heavy atom. The lowest BCUT2D eigenvalue weighted by atomic mass is 10.1. The first-order valence-electron chi connectivity index (χ1n) is 8.55. The smallest absolute Gasteiger partial charge is 0.221 e. The molecule has 3 rings (SSSR count). The largest absolute Gasteiger partial charge is 0.326 e. The molecule has 0 bridgehead atoms. The highest BCUT2D eigenvalue weighted by Crippen LogP contribution is 2.20. The van der Waals surface area contributed by atoms with E-state index in [2.05, 4.69) is 27.1 Å². The molecule has 4 heteroatoms. The second-order valence-electron chi connectivity index (χ2n) is 6.03. The van der Waals surface area contributed by atoms with Gasteiger partial charge in [0.25, 0.3) is 0 Å². The van der Waals surface area contributed by atoms with Crippen LogP contribution >= 0.6 is 0 Å². The zero-order valence-corrected chi connectivity index (χ0v) is 15.2. The number of benzene rings is 2. The summed E-state index contributed by atoms with van der Waals surface area (Å²) >= 11 is 0. The molecule has 0 atom stereocenters. The fourth-order valence-corrected chi connectivity index (χ4v) is 2.40. The number of anilines is 1. The SMILES string of the molecule is CC(=O)Nc1ccc(C=Nc2cc(C#Cc3ccccn3)ccc2C)cc1. The monoisotopic (exact) mass is 353 g/mol. The third kappa shape index (κ3) is 5.38. The zero-order valence-electron chi connectivity index (χ0n) is 15.2. The van der Waals surface area contributed by atoms with Crippen LogP contribution in [0.1, 0.15) is 29.3 Å². The van der Waals surface area contributed by atoms with Crippen LogP contribution in [0.2, 0.25) is 0 Å². The molecule has 0 unspecified atom stereocenters. The number of hydrogen-bond acceptors (Lipinski definition) is 3. The molecule has 0 fully saturated rings. The van der Waals surface area contributed by atoms with Gasteiger partial charge in [-0.05, 0) is 60.4 Å². The minimum Gasteiger partial charge on any atom is -0.326 e. The fourth-order valence-electron chi connectivity index (χ4n) is 2.40. The van der Waals surface area contributed by atoms with Crippen molar-refractivity contribution in [3.63, 3.8) is 0 Å². The Kier molecular flexibility index (Phi) is 5.76. The second kappa shape index (κ2) is 8.59. The molecule has 27 heavy (non-hydrogen) atoms. The Morgan fingerprint density at radius 3 is 2.59 bits per heavy atom. The first-order valence-corrected chi connectivity index (χ1v) is 8.55. The molecular weight excluding hydrogens is 334 g/mol. The molecule has 0 saturated carbocycles. The third-order valence-electron chi connectivity index (χ3n) is 3.79. The lowest BCUT2D eigenvalue weighted by molar-refractivity contribution is -0.114. The normalized spacial score (nSPS) is 10.3. The first kappa shape index (κ1) is 18.1. The van der Waals surface area contributed by atoms with Gasteiger partial charge in [-0.25, -0.2) is 4.98 Å². The highest BCUT2D eigenvalue weighted by molar-refractivity contribution is 5.89. The number of pyridine rings is 1. The number of hydrogen-bond donors (Lipinski definition) is 1. The Labute approximate surface area is 159 Å². The summed E-state index contributed by atoms with van der Waals surface area (Å²) in [6, 6.07) is 19.1. The number of amides is 1. The predicted octanol–water partition coefficient (Wildman–Crippen LogP) is 4.50. The van der Waals surface area contributed by atoms with Crippen LogP contribution in [0.3, 0.4) is 0 Å². The van der Waals surface area contributed by atoms with E-state index in [1.165, 1.54) is 6.92 Å². The molecule has 0 aliphatic heterocycles. The van der Waals surface area contributed by atoms with Crippen molar-refractivity contribution in [3.8, 4) is 11.8 Å². The number of nitrogens with zero attached hydrogens (tertiary/aromatic N) is 2. The molecule has 1 N–H and O–H groups in total. The van der Waals surface area contributed by atoms with Gasteiger partial charge in [-0.1, -0.05) is 30.2 Å². The Bertz CT molecular complexity index is 1030. The molecule has 1 aromatic heterocycles. The van der Waals surface area contributed by atoms with Crippen molar-refractivity contribution < 1.29 is 4.79 Å². The van der Waals surface area contributed by atoms with E-state index < -0.39 is 0 Å². The van der Waals surface area contributed by atoms with Crippen LogP contribution in [0.4, 0.5) is 11.4 Å². The number of carbonyl (C=O) groups is 1. The average Bonchev–Trinajstić information content (AvgIpc) is 2.68. The standard InChI is InChI=1S/C23H19N3O/c1-17-6-7-19(8-11-21-5-3-4-14-24-21)15-23(17)25-16-20-9-12-22(13-10-20)26-18(2)27/h3-7,9-10,12-16H,1-2H3,(H,26,27). The molecule has 3 aromatic rings. The molecule has 4 nitrogen and oxygen atoms in total. The van der Waals surface area contributed by atoms with E-state index in [4.69, 9.17) is 0 Å². The quantitative estimate of drug-likeness (QED) is 0.557. The predicted molar refractivity (Wildman–Crippen MR) is 109 cm³/mol. The van der Waals surface area contributed by atoms with E-state index in [1.54, 1.807) is 12.4 Å². The van der Waals surface area contributed by atoms with E-state index in [9.17, 15) is 4.79 Å².